The molecule has 0 aromatic heterocycles. The van der Waals surface area contributed by atoms with Crippen LogP contribution in [0.5, 0.6) is 0 Å². The van der Waals surface area contributed by atoms with E-state index in [2.05, 4.69) is 5.32 Å². The Balaban J connectivity index is 3.03. The van der Waals surface area contributed by atoms with Gasteiger partial charge in [-0.15, -0.1) is 0 Å². The molecule has 0 bridgehead atoms. The third-order valence-electron chi connectivity index (χ3n) is 2.72. The Labute approximate surface area is 108 Å². The Bertz CT molecular complexity index is 407. The van der Waals surface area contributed by atoms with Crippen molar-refractivity contribution in [2.24, 2.45) is 0 Å². The van der Waals surface area contributed by atoms with Gasteiger partial charge in [0.15, 0.2) is 0 Å². The van der Waals surface area contributed by atoms with Crippen molar-refractivity contribution in [1.29, 1.82) is 0 Å². The SMILES string of the molecule is CCNC(=O)c1ccc(N)c(N(CC)CCO)c1. The molecule has 100 valence electrons. The smallest absolute Gasteiger partial charge is 0.251 e. The molecule has 0 atom stereocenters. The van der Waals surface area contributed by atoms with Gasteiger partial charge in [-0.05, 0) is 32.0 Å². The van der Waals surface area contributed by atoms with Crippen molar-refractivity contribution >= 4 is 17.3 Å². The summed E-state index contributed by atoms with van der Waals surface area (Å²) in [6, 6.07) is 5.19. The van der Waals surface area contributed by atoms with E-state index >= 15 is 0 Å². The molecule has 4 N–H and O–H groups in total. The van der Waals surface area contributed by atoms with Gasteiger partial charge in [0, 0.05) is 25.2 Å². The van der Waals surface area contributed by atoms with Crippen molar-refractivity contribution in [3.63, 3.8) is 0 Å². The molecule has 0 aliphatic heterocycles. The first kappa shape index (κ1) is 14.3. The van der Waals surface area contributed by atoms with Crippen LogP contribution in [0.3, 0.4) is 0 Å². The van der Waals surface area contributed by atoms with E-state index in [1.54, 1.807) is 18.2 Å². The molecule has 0 radical (unpaired) electrons. The summed E-state index contributed by atoms with van der Waals surface area (Å²) in [6.45, 7) is 5.72. The molecule has 1 amide bonds. The van der Waals surface area contributed by atoms with E-state index in [1.807, 2.05) is 18.7 Å². The molecule has 5 heteroatoms. The quantitative estimate of drug-likeness (QED) is 0.655. The lowest BCUT2D eigenvalue weighted by Crippen LogP contribution is -2.28. The largest absolute Gasteiger partial charge is 0.397 e. The maximum Gasteiger partial charge on any atom is 0.251 e. The molecule has 0 saturated heterocycles. The molecule has 18 heavy (non-hydrogen) atoms. The van der Waals surface area contributed by atoms with Crippen LogP contribution in [0.1, 0.15) is 24.2 Å². The highest BCUT2D eigenvalue weighted by Crippen LogP contribution is 2.24. The summed E-state index contributed by atoms with van der Waals surface area (Å²) in [5.74, 6) is -0.112. The second kappa shape index (κ2) is 6.86. The maximum atomic E-state index is 11.8. The molecule has 0 fully saturated rings. The number of anilines is 2. The predicted octanol–water partition coefficient (Wildman–Crippen LogP) is 0.837. The zero-order valence-electron chi connectivity index (χ0n) is 10.9. The first-order valence-corrected chi connectivity index (χ1v) is 6.17. The molecule has 0 aliphatic rings. The van der Waals surface area contributed by atoms with Gasteiger partial charge in [-0.25, -0.2) is 0 Å². The number of amides is 1. The molecule has 0 spiro atoms. The lowest BCUT2D eigenvalue weighted by Gasteiger charge is -2.24. The van der Waals surface area contributed by atoms with Gasteiger partial charge < -0.3 is 21.1 Å². The number of hydrogen-bond donors (Lipinski definition) is 3. The standard InChI is InChI=1S/C13H21N3O2/c1-3-15-13(18)10-5-6-11(14)12(9-10)16(4-2)7-8-17/h5-6,9,17H,3-4,7-8,14H2,1-2H3,(H,15,18). The summed E-state index contributed by atoms with van der Waals surface area (Å²) in [6.07, 6.45) is 0. The molecule has 0 saturated carbocycles. The van der Waals surface area contributed by atoms with E-state index in [-0.39, 0.29) is 12.5 Å². The Kier molecular flexibility index (Phi) is 5.45. The number of hydrogen-bond acceptors (Lipinski definition) is 4. The lowest BCUT2D eigenvalue weighted by molar-refractivity contribution is 0.0956. The normalized spacial score (nSPS) is 10.2. The Hall–Kier alpha value is -1.75. The van der Waals surface area contributed by atoms with Gasteiger partial charge in [0.1, 0.15) is 0 Å². The van der Waals surface area contributed by atoms with Gasteiger partial charge in [0.2, 0.25) is 0 Å². The number of aliphatic hydroxyl groups excluding tert-OH is 1. The summed E-state index contributed by atoms with van der Waals surface area (Å²) < 4.78 is 0. The Morgan fingerprint density at radius 2 is 2.17 bits per heavy atom. The zero-order chi connectivity index (χ0) is 13.5. The van der Waals surface area contributed by atoms with Gasteiger partial charge in [-0.2, -0.15) is 0 Å². The maximum absolute atomic E-state index is 11.8. The van der Waals surface area contributed by atoms with Crippen molar-refractivity contribution in [2.75, 3.05) is 36.9 Å². The molecular weight excluding hydrogens is 230 g/mol. The van der Waals surface area contributed by atoms with E-state index < -0.39 is 0 Å². The molecule has 0 aliphatic carbocycles. The van der Waals surface area contributed by atoms with E-state index in [9.17, 15) is 4.79 Å². The Morgan fingerprint density at radius 3 is 2.72 bits per heavy atom. The molecule has 1 rings (SSSR count). The molecule has 1 aromatic rings. The third kappa shape index (κ3) is 3.37. The monoisotopic (exact) mass is 251 g/mol. The predicted molar refractivity (Wildman–Crippen MR) is 73.8 cm³/mol. The average Bonchev–Trinajstić information content (AvgIpc) is 2.37. The lowest BCUT2D eigenvalue weighted by atomic mass is 10.1. The summed E-state index contributed by atoms with van der Waals surface area (Å²) in [5, 5.41) is 11.8. The molecule has 0 unspecified atom stereocenters. The molecule has 1 aromatic carbocycles. The highest BCUT2D eigenvalue weighted by Gasteiger charge is 2.11. The van der Waals surface area contributed by atoms with Crippen molar-refractivity contribution in [1.82, 2.24) is 5.32 Å². The molecular formula is C13H21N3O2. The number of nitrogen functional groups attached to an aromatic ring is 1. The van der Waals surface area contributed by atoms with Gasteiger partial charge in [-0.1, -0.05) is 0 Å². The summed E-state index contributed by atoms with van der Waals surface area (Å²) in [5.41, 5.74) is 7.89. The topological polar surface area (TPSA) is 78.6 Å². The second-order valence-corrected chi connectivity index (χ2v) is 3.94. The molecule has 5 nitrogen and oxygen atoms in total. The van der Waals surface area contributed by atoms with E-state index in [1.165, 1.54) is 0 Å². The van der Waals surface area contributed by atoms with Crippen LogP contribution in [0.2, 0.25) is 0 Å². The Morgan fingerprint density at radius 1 is 1.44 bits per heavy atom. The van der Waals surface area contributed by atoms with Gasteiger partial charge in [0.05, 0.1) is 18.0 Å². The summed E-state index contributed by atoms with van der Waals surface area (Å²) in [7, 11) is 0. The minimum absolute atomic E-state index is 0.0542. The van der Waals surface area contributed by atoms with Crippen LogP contribution in [0.25, 0.3) is 0 Å². The number of nitrogens with zero attached hydrogens (tertiary/aromatic N) is 1. The van der Waals surface area contributed by atoms with Crippen LogP contribution < -0.4 is 16.0 Å². The summed E-state index contributed by atoms with van der Waals surface area (Å²) in [4.78, 5) is 13.7. The van der Waals surface area contributed by atoms with Crippen molar-refractivity contribution in [2.45, 2.75) is 13.8 Å². The third-order valence-corrected chi connectivity index (χ3v) is 2.72. The van der Waals surface area contributed by atoms with Crippen molar-refractivity contribution in [3.05, 3.63) is 23.8 Å². The summed E-state index contributed by atoms with van der Waals surface area (Å²) >= 11 is 0. The van der Waals surface area contributed by atoms with Crippen LogP contribution in [0.15, 0.2) is 18.2 Å². The van der Waals surface area contributed by atoms with E-state index in [4.69, 9.17) is 10.8 Å². The first-order valence-electron chi connectivity index (χ1n) is 6.17. The second-order valence-electron chi connectivity index (χ2n) is 3.94. The minimum Gasteiger partial charge on any atom is -0.397 e. The van der Waals surface area contributed by atoms with Crippen LogP contribution in [-0.2, 0) is 0 Å². The number of benzene rings is 1. The van der Waals surface area contributed by atoms with Crippen LogP contribution in [-0.4, -0.2) is 37.3 Å². The number of carbonyl (C=O) groups is 1. The van der Waals surface area contributed by atoms with Gasteiger partial charge in [0.25, 0.3) is 5.91 Å². The van der Waals surface area contributed by atoms with Crippen molar-refractivity contribution in [3.8, 4) is 0 Å². The number of aliphatic hydroxyl groups is 1. The fourth-order valence-corrected chi connectivity index (χ4v) is 1.79. The van der Waals surface area contributed by atoms with Crippen LogP contribution in [0, 0.1) is 0 Å². The highest BCUT2D eigenvalue weighted by molar-refractivity contribution is 5.96. The number of nitrogens with one attached hydrogen (secondary N) is 1. The number of nitrogens with two attached hydrogens (primary N) is 1. The molecule has 0 heterocycles. The van der Waals surface area contributed by atoms with Gasteiger partial charge >= 0.3 is 0 Å². The van der Waals surface area contributed by atoms with E-state index in [0.29, 0.717) is 24.3 Å². The fraction of sp³-hybridized carbons (Fsp3) is 0.462. The number of likely N-dealkylation sites (N-methyl/N-ethyl adjacent to an activating group) is 1. The van der Waals surface area contributed by atoms with E-state index in [0.717, 1.165) is 12.2 Å². The minimum atomic E-state index is -0.112. The van der Waals surface area contributed by atoms with Crippen molar-refractivity contribution < 1.29 is 9.90 Å². The van der Waals surface area contributed by atoms with Gasteiger partial charge in [-0.3, -0.25) is 4.79 Å². The zero-order valence-corrected chi connectivity index (χ0v) is 10.9. The van der Waals surface area contributed by atoms with Crippen LogP contribution >= 0.6 is 0 Å². The highest BCUT2D eigenvalue weighted by atomic mass is 16.3. The number of carbonyl (C=O) groups excluding carboxylic acids is 1. The fourth-order valence-electron chi connectivity index (χ4n) is 1.79. The number of rotatable bonds is 6. The van der Waals surface area contributed by atoms with Crippen LogP contribution in [0.4, 0.5) is 11.4 Å². The average molecular weight is 251 g/mol. The first-order chi connectivity index (χ1) is 8.63.